The molecular formula is C9H13N5S. The van der Waals surface area contributed by atoms with Gasteiger partial charge in [0.25, 0.3) is 0 Å². The molecule has 2 rings (SSSR count). The molecule has 0 aliphatic rings. The second kappa shape index (κ2) is 4.50. The highest BCUT2D eigenvalue weighted by atomic mass is 32.1. The zero-order valence-corrected chi connectivity index (χ0v) is 9.58. The van der Waals surface area contributed by atoms with E-state index >= 15 is 0 Å². The minimum absolute atomic E-state index is 0.680. The van der Waals surface area contributed by atoms with Crippen molar-refractivity contribution in [2.75, 3.05) is 0 Å². The van der Waals surface area contributed by atoms with Gasteiger partial charge < -0.3 is 5.32 Å². The van der Waals surface area contributed by atoms with Gasteiger partial charge in [-0.25, -0.2) is 9.97 Å². The Bertz CT molecular complexity index is 393. The Morgan fingerprint density at radius 1 is 1.47 bits per heavy atom. The average molecular weight is 223 g/mol. The number of nitrogens with zero attached hydrogens (tertiary/aromatic N) is 4. The second-order valence-corrected chi connectivity index (χ2v) is 4.26. The maximum absolute atomic E-state index is 4.36. The quantitative estimate of drug-likeness (QED) is 0.835. The summed E-state index contributed by atoms with van der Waals surface area (Å²) < 4.78 is 1.70. The van der Waals surface area contributed by atoms with Gasteiger partial charge in [0.15, 0.2) is 5.82 Å². The van der Waals surface area contributed by atoms with Crippen LogP contribution in [-0.2, 0) is 20.1 Å². The highest BCUT2D eigenvalue weighted by Crippen LogP contribution is 2.07. The van der Waals surface area contributed by atoms with E-state index in [1.54, 1.807) is 22.3 Å². The monoisotopic (exact) mass is 223 g/mol. The van der Waals surface area contributed by atoms with Gasteiger partial charge in [0.05, 0.1) is 6.54 Å². The summed E-state index contributed by atoms with van der Waals surface area (Å²) in [5, 5.41) is 10.6. The Hall–Kier alpha value is -1.27. The Balaban J connectivity index is 1.80. The first-order chi connectivity index (χ1) is 7.24. The first-order valence-corrected chi connectivity index (χ1v) is 5.58. The minimum atomic E-state index is 0.680. The summed E-state index contributed by atoms with van der Waals surface area (Å²) in [7, 11) is 1.86. The molecule has 6 heteroatoms. The van der Waals surface area contributed by atoms with Gasteiger partial charge in [0.1, 0.15) is 11.3 Å². The van der Waals surface area contributed by atoms with Crippen LogP contribution in [0.5, 0.6) is 0 Å². The fraction of sp³-hybridized carbons (Fsp3) is 0.444. The van der Waals surface area contributed by atoms with Crippen molar-refractivity contribution in [1.82, 2.24) is 25.1 Å². The summed E-state index contributed by atoms with van der Waals surface area (Å²) in [6.07, 6.45) is 1.70. The predicted octanol–water partition coefficient (Wildman–Crippen LogP) is 0.870. The molecule has 0 fully saturated rings. The van der Waals surface area contributed by atoms with Crippen LogP contribution in [-0.4, -0.2) is 19.7 Å². The van der Waals surface area contributed by atoms with Gasteiger partial charge in [-0.15, -0.1) is 11.3 Å². The summed E-state index contributed by atoms with van der Waals surface area (Å²) in [5.41, 5.74) is 1.08. The van der Waals surface area contributed by atoms with E-state index in [0.717, 1.165) is 23.1 Å². The van der Waals surface area contributed by atoms with Crippen molar-refractivity contribution in [3.8, 4) is 0 Å². The molecule has 1 N–H and O–H groups in total. The Morgan fingerprint density at radius 2 is 2.33 bits per heavy atom. The minimum Gasteiger partial charge on any atom is -0.303 e. The third kappa shape index (κ3) is 2.84. The van der Waals surface area contributed by atoms with E-state index in [2.05, 4.69) is 25.8 Å². The lowest BCUT2D eigenvalue weighted by molar-refractivity contribution is 0.646. The molecule has 15 heavy (non-hydrogen) atoms. The third-order valence-corrected chi connectivity index (χ3v) is 2.84. The zero-order chi connectivity index (χ0) is 10.7. The fourth-order valence-electron chi connectivity index (χ4n) is 1.23. The van der Waals surface area contributed by atoms with Crippen LogP contribution in [0.3, 0.4) is 0 Å². The number of aryl methyl sites for hydroxylation is 2. The van der Waals surface area contributed by atoms with Crippen molar-refractivity contribution in [3.63, 3.8) is 0 Å². The van der Waals surface area contributed by atoms with E-state index in [0.29, 0.717) is 6.54 Å². The molecule has 0 saturated heterocycles. The van der Waals surface area contributed by atoms with Gasteiger partial charge in [-0.05, 0) is 6.92 Å². The van der Waals surface area contributed by atoms with Gasteiger partial charge in [-0.3, -0.25) is 4.68 Å². The number of aromatic nitrogens is 4. The van der Waals surface area contributed by atoms with Gasteiger partial charge in [0, 0.05) is 24.7 Å². The normalized spacial score (nSPS) is 10.8. The second-order valence-electron chi connectivity index (χ2n) is 3.32. The van der Waals surface area contributed by atoms with Crippen LogP contribution >= 0.6 is 11.3 Å². The summed E-state index contributed by atoms with van der Waals surface area (Å²) in [6.45, 7) is 3.45. The highest BCUT2D eigenvalue weighted by Gasteiger charge is 2.00. The molecule has 0 aliphatic carbocycles. The molecule has 0 aliphatic heterocycles. The van der Waals surface area contributed by atoms with E-state index in [1.165, 1.54) is 0 Å². The molecule has 80 valence electrons. The van der Waals surface area contributed by atoms with E-state index in [9.17, 15) is 0 Å². The fourth-order valence-corrected chi connectivity index (χ4v) is 1.97. The summed E-state index contributed by atoms with van der Waals surface area (Å²) in [6, 6.07) is 0. The smallest absolute Gasteiger partial charge is 0.164 e. The molecule has 2 heterocycles. The van der Waals surface area contributed by atoms with Crippen molar-refractivity contribution < 1.29 is 0 Å². The predicted molar refractivity (Wildman–Crippen MR) is 58.4 cm³/mol. The molecule has 0 amide bonds. The molecule has 0 bridgehead atoms. The zero-order valence-electron chi connectivity index (χ0n) is 8.77. The van der Waals surface area contributed by atoms with E-state index in [-0.39, 0.29) is 0 Å². The van der Waals surface area contributed by atoms with Crippen molar-refractivity contribution in [3.05, 3.63) is 28.2 Å². The number of rotatable bonds is 4. The Morgan fingerprint density at radius 3 is 2.93 bits per heavy atom. The van der Waals surface area contributed by atoms with E-state index in [1.807, 2.05) is 14.0 Å². The number of thiazole rings is 1. The molecule has 5 nitrogen and oxygen atoms in total. The topological polar surface area (TPSA) is 55.6 Å². The maximum Gasteiger partial charge on any atom is 0.164 e. The molecule has 0 spiro atoms. The molecule has 2 aromatic heterocycles. The van der Waals surface area contributed by atoms with Gasteiger partial charge in [0.2, 0.25) is 0 Å². The Kier molecular flexibility index (Phi) is 3.08. The van der Waals surface area contributed by atoms with Crippen molar-refractivity contribution in [2.24, 2.45) is 7.05 Å². The van der Waals surface area contributed by atoms with Crippen LogP contribution in [0, 0.1) is 6.92 Å². The molecule has 0 saturated carbocycles. The largest absolute Gasteiger partial charge is 0.303 e. The average Bonchev–Trinajstić information content (AvgIpc) is 2.76. The lowest BCUT2D eigenvalue weighted by Crippen LogP contribution is -2.13. The number of hydrogen-bond acceptors (Lipinski definition) is 5. The highest BCUT2D eigenvalue weighted by molar-refractivity contribution is 7.09. The summed E-state index contributed by atoms with van der Waals surface area (Å²) >= 11 is 1.67. The van der Waals surface area contributed by atoms with Crippen LogP contribution in [0.25, 0.3) is 0 Å². The first kappa shape index (κ1) is 10.3. The van der Waals surface area contributed by atoms with Gasteiger partial charge in [-0.2, -0.15) is 5.10 Å². The lowest BCUT2D eigenvalue weighted by atomic mass is 10.5. The van der Waals surface area contributed by atoms with E-state index < -0.39 is 0 Å². The summed E-state index contributed by atoms with van der Waals surface area (Å²) in [5.74, 6) is 0.811. The molecular weight excluding hydrogens is 210 g/mol. The number of hydrogen-bond donors (Lipinski definition) is 1. The van der Waals surface area contributed by atoms with Crippen LogP contribution in [0.1, 0.15) is 16.5 Å². The molecule has 0 unspecified atom stereocenters. The van der Waals surface area contributed by atoms with Crippen LogP contribution in [0.2, 0.25) is 0 Å². The van der Waals surface area contributed by atoms with Crippen molar-refractivity contribution in [2.45, 2.75) is 20.0 Å². The van der Waals surface area contributed by atoms with Gasteiger partial charge >= 0.3 is 0 Å². The van der Waals surface area contributed by atoms with Crippen LogP contribution < -0.4 is 5.32 Å². The SMILES string of the molecule is Cc1csc(CNCc2ncn(C)n2)n1. The lowest BCUT2D eigenvalue weighted by Gasteiger charge is -1.97. The van der Waals surface area contributed by atoms with Crippen molar-refractivity contribution in [1.29, 1.82) is 0 Å². The standard InChI is InChI=1S/C9H13N5S/c1-7-5-15-9(12-7)4-10-3-8-11-6-14(2)13-8/h5-6,10H,3-4H2,1-2H3. The summed E-state index contributed by atoms with van der Waals surface area (Å²) in [4.78, 5) is 8.48. The Labute approximate surface area is 92.2 Å². The van der Waals surface area contributed by atoms with Crippen LogP contribution in [0.15, 0.2) is 11.7 Å². The van der Waals surface area contributed by atoms with Crippen molar-refractivity contribution >= 4 is 11.3 Å². The first-order valence-electron chi connectivity index (χ1n) is 4.70. The maximum atomic E-state index is 4.36. The molecule has 0 atom stereocenters. The number of nitrogens with one attached hydrogen (secondary N) is 1. The molecule has 0 radical (unpaired) electrons. The van der Waals surface area contributed by atoms with Crippen LogP contribution in [0.4, 0.5) is 0 Å². The van der Waals surface area contributed by atoms with Gasteiger partial charge in [-0.1, -0.05) is 0 Å². The molecule has 0 aromatic carbocycles. The molecule has 2 aromatic rings. The van der Waals surface area contributed by atoms with E-state index in [4.69, 9.17) is 0 Å². The third-order valence-electron chi connectivity index (χ3n) is 1.87.